The van der Waals surface area contributed by atoms with Crippen LogP contribution in [0.25, 0.3) is 5.69 Å². The van der Waals surface area contributed by atoms with Crippen LogP contribution in [0, 0.1) is 5.41 Å². The van der Waals surface area contributed by atoms with Crippen molar-refractivity contribution in [3.63, 3.8) is 0 Å². The Morgan fingerprint density at radius 2 is 1.92 bits per heavy atom. The smallest absolute Gasteiger partial charge is 0.191 e. The highest BCUT2D eigenvalue weighted by Gasteiger charge is 2.14. The molecule has 144 valence electrons. The summed E-state index contributed by atoms with van der Waals surface area (Å²) >= 11 is 0. The zero-order chi connectivity index (χ0) is 18.3. The topological polar surface area (TPSA) is 67.1 Å². The molecule has 0 spiro atoms. The maximum Gasteiger partial charge on any atom is 0.191 e. The molecule has 0 fully saturated rings. The molecule has 1 heterocycles. The highest BCUT2D eigenvalue weighted by Crippen LogP contribution is 2.21. The van der Waals surface area contributed by atoms with Crippen LogP contribution in [0.15, 0.2) is 41.7 Å². The number of halogens is 1. The average Bonchev–Trinajstić information content (AvgIpc) is 3.05. The van der Waals surface area contributed by atoms with Crippen LogP contribution in [0.1, 0.15) is 46.4 Å². The molecule has 0 aliphatic heterocycles. The Morgan fingerprint density at radius 3 is 2.54 bits per heavy atom. The van der Waals surface area contributed by atoms with E-state index in [-0.39, 0.29) is 24.0 Å². The van der Waals surface area contributed by atoms with Crippen molar-refractivity contribution in [2.24, 2.45) is 10.4 Å². The van der Waals surface area contributed by atoms with Crippen molar-refractivity contribution in [1.29, 1.82) is 0 Å². The van der Waals surface area contributed by atoms with E-state index in [1.54, 1.807) is 13.4 Å². The molecule has 6 nitrogen and oxygen atoms in total. The molecule has 2 rings (SSSR count). The summed E-state index contributed by atoms with van der Waals surface area (Å²) in [5, 5.41) is 15.0. The van der Waals surface area contributed by atoms with E-state index >= 15 is 0 Å². The van der Waals surface area contributed by atoms with E-state index in [9.17, 15) is 0 Å². The first kappa shape index (κ1) is 22.4. The van der Waals surface area contributed by atoms with Gasteiger partial charge < -0.3 is 10.6 Å². The molecule has 0 saturated carbocycles. The third-order valence-electron chi connectivity index (χ3n) is 4.00. The van der Waals surface area contributed by atoms with Crippen LogP contribution in [0.3, 0.4) is 0 Å². The first-order valence-electron chi connectivity index (χ1n) is 8.80. The summed E-state index contributed by atoms with van der Waals surface area (Å²) in [6.45, 7) is 9.54. The summed E-state index contributed by atoms with van der Waals surface area (Å²) in [5.41, 5.74) is 1.39. The van der Waals surface area contributed by atoms with Crippen LogP contribution >= 0.6 is 24.0 Å². The molecule has 0 bridgehead atoms. The van der Waals surface area contributed by atoms with E-state index in [0.29, 0.717) is 18.0 Å². The van der Waals surface area contributed by atoms with Gasteiger partial charge in [-0.15, -0.1) is 34.2 Å². The average molecular weight is 470 g/mol. The second-order valence-corrected chi connectivity index (χ2v) is 7.52. The first-order valence-corrected chi connectivity index (χ1v) is 8.80. The Morgan fingerprint density at radius 1 is 1.23 bits per heavy atom. The number of hydrogen-bond acceptors (Lipinski definition) is 3. The number of nitrogens with one attached hydrogen (secondary N) is 2. The van der Waals surface area contributed by atoms with Gasteiger partial charge in [0, 0.05) is 18.8 Å². The minimum atomic E-state index is 0. The van der Waals surface area contributed by atoms with Gasteiger partial charge in [0.25, 0.3) is 0 Å². The highest BCUT2D eigenvalue weighted by atomic mass is 127. The van der Waals surface area contributed by atoms with E-state index in [1.165, 1.54) is 6.42 Å². The molecule has 1 aromatic heterocycles. The standard InChI is InChI=1S/C19H30N6.HI/c1-15(11-12-19(2,3)4)23-18(20-5)21-13-17-24-22-14-25(17)16-9-7-6-8-10-16;/h6-10,14-15H,11-13H2,1-5H3,(H2,20,21,23);1H. The largest absolute Gasteiger partial charge is 0.354 e. The summed E-state index contributed by atoms with van der Waals surface area (Å²) in [6.07, 6.45) is 4.00. The van der Waals surface area contributed by atoms with Crippen molar-refractivity contribution in [3.8, 4) is 5.69 Å². The van der Waals surface area contributed by atoms with Crippen molar-refractivity contribution in [2.45, 2.75) is 53.1 Å². The van der Waals surface area contributed by atoms with Gasteiger partial charge in [0.15, 0.2) is 11.8 Å². The molecule has 2 N–H and O–H groups in total. The molecule has 1 atom stereocenters. The lowest BCUT2D eigenvalue weighted by Gasteiger charge is -2.23. The first-order chi connectivity index (χ1) is 11.9. The van der Waals surface area contributed by atoms with Crippen LogP contribution in [0.2, 0.25) is 0 Å². The molecule has 0 aliphatic carbocycles. The van der Waals surface area contributed by atoms with Crippen LogP contribution in [-0.2, 0) is 6.54 Å². The molecular weight excluding hydrogens is 439 g/mol. The van der Waals surface area contributed by atoms with Crippen molar-refractivity contribution in [1.82, 2.24) is 25.4 Å². The van der Waals surface area contributed by atoms with Crippen molar-refractivity contribution in [3.05, 3.63) is 42.5 Å². The van der Waals surface area contributed by atoms with Crippen LogP contribution in [0.4, 0.5) is 0 Å². The predicted octanol–water partition coefficient (Wildman–Crippen LogP) is 3.77. The van der Waals surface area contributed by atoms with Crippen LogP contribution in [0.5, 0.6) is 0 Å². The Kier molecular flexibility index (Phi) is 9.04. The molecule has 0 radical (unpaired) electrons. The van der Waals surface area contributed by atoms with Gasteiger partial charge in [0.1, 0.15) is 6.33 Å². The van der Waals surface area contributed by atoms with Gasteiger partial charge in [-0.2, -0.15) is 0 Å². The van der Waals surface area contributed by atoms with E-state index in [0.717, 1.165) is 23.9 Å². The van der Waals surface area contributed by atoms with E-state index in [1.807, 2.05) is 34.9 Å². The molecule has 7 heteroatoms. The monoisotopic (exact) mass is 470 g/mol. The van der Waals surface area contributed by atoms with Gasteiger partial charge in [0.2, 0.25) is 0 Å². The molecular formula is C19H31IN6. The number of nitrogens with zero attached hydrogens (tertiary/aromatic N) is 4. The van der Waals surface area contributed by atoms with Crippen molar-refractivity contribution < 1.29 is 0 Å². The molecule has 26 heavy (non-hydrogen) atoms. The number of para-hydroxylation sites is 1. The Hall–Kier alpha value is -1.64. The number of rotatable bonds is 6. The quantitative estimate of drug-likeness (QED) is 0.383. The molecule has 1 aromatic carbocycles. The summed E-state index contributed by atoms with van der Waals surface area (Å²) in [4.78, 5) is 4.31. The molecule has 0 amide bonds. The van der Waals surface area contributed by atoms with Crippen LogP contribution < -0.4 is 10.6 Å². The number of aliphatic imine (C=N–C) groups is 1. The van der Waals surface area contributed by atoms with Crippen molar-refractivity contribution >= 4 is 29.9 Å². The summed E-state index contributed by atoms with van der Waals surface area (Å²) in [7, 11) is 1.79. The van der Waals surface area contributed by atoms with Gasteiger partial charge in [-0.05, 0) is 37.3 Å². The molecule has 0 aliphatic rings. The lowest BCUT2D eigenvalue weighted by molar-refractivity contribution is 0.346. The second kappa shape index (κ2) is 10.5. The molecule has 1 unspecified atom stereocenters. The number of guanidine groups is 1. The van der Waals surface area contributed by atoms with E-state index in [4.69, 9.17) is 0 Å². The Labute approximate surface area is 173 Å². The van der Waals surface area contributed by atoms with Crippen LogP contribution in [-0.4, -0.2) is 33.8 Å². The number of aromatic nitrogens is 3. The fourth-order valence-corrected chi connectivity index (χ4v) is 2.50. The lowest BCUT2D eigenvalue weighted by atomic mass is 9.89. The predicted molar refractivity (Wildman–Crippen MR) is 118 cm³/mol. The SMILES string of the molecule is CN=C(NCc1nncn1-c1ccccc1)NC(C)CCC(C)(C)C.I. The fourth-order valence-electron chi connectivity index (χ4n) is 2.50. The molecule has 0 saturated heterocycles. The third kappa shape index (κ3) is 7.31. The maximum absolute atomic E-state index is 4.31. The lowest BCUT2D eigenvalue weighted by Crippen LogP contribution is -2.42. The third-order valence-corrected chi connectivity index (χ3v) is 4.00. The summed E-state index contributed by atoms with van der Waals surface area (Å²) in [6, 6.07) is 10.4. The Bertz CT molecular complexity index is 675. The summed E-state index contributed by atoms with van der Waals surface area (Å²) < 4.78 is 1.98. The van der Waals surface area contributed by atoms with Gasteiger partial charge >= 0.3 is 0 Å². The summed E-state index contributed by atoms with van der Waals surface area (Å²) in [5.74, 6) is 1.63. The van der Waals surface area contributed by atoms with Gasteiger partial charge in [0.05, 0.1) is 6.54 Å². The van der Waals surface area contributed by atoms with Gasteiger partial charge in [-0.1, -0.05) is 39.0 Å². The van der Waals surface area contributed by atoms with Crippen molar-refractivity contribution in [2.75, 3.05) is 7.05 Å². The molecule has 2 aromatic rings. The minimum absolute atomic E-state index is 0. The zero-order valence-electron chi connectivity index (χ0n) is 16.4. The number of benzene rings is 1. The van der Waals surface area contributed by atoms with Gasteiger partial charge in [-0.3, -0.25) is 9.56 Å². The highest BCUT2D eigenvalue weighted by molar-refractivity contribution is 14.0. The van der Waals surface area contributed by atoms with Gasteiger partial charge in [-0.25, -0.2) is 0 Å². The fraction of sp³-hybridized carbons (Fsp3) is 0.526. The maximum atomic E-state index is 4.31. The normalized spacial score (nSPS) is 13.0. The second-order valence-electron chi connectivity index (χ2n) is 7.52. The number of hydrogen-bond donors (Lipinski definition) is 2. The van der Waals surface area contributed by atoms with E-state index < -0.39 is 0 Å². The minimum Gasteiger partial charge on any atom is -0.354 e. The van der Waals surface area contributed by atoms with E-state index in [2.05, 4.69) is 53.5 Å². The zero-order valence-corrected chi connectivity index (χ0v) is 18.7. The Balaban J connectivity index is 0.00000338.